The van der Waals surface area contributed by atoms with Crippen LogP contribution in [0.1, 0.15) is 103 Å². The highest BCUT2D eigenvalue weighted by Crippen LogP contribution is 2.14. The van der Waals surface area contributed by atoms with E-state index in [4.69, 9.17) is 9.47 Å². The van der Waals surface area contributed by atoms with Crippen molar-refractivity contribution in [1.29, 1.82) is 0 Å². The molecule has 0 radical (unpaired) electrons. The largest absolute Gasteiger partial charge is 0.353 e. The van der Waals surface area contributed by atoms with Crippen molar-refractivity contribution in [2.45, 2.75) is 110 Å². The lowest BCUT2D eigenvalue weighted by Crippen LogP contribution is -2.22. The fourth-order valence-corrected chi connectivity index (χ4v) is 2.90. The lowest BCUT2D eigenvalue weighted by atomic mass is 10.1. The maximum absolute atomic E-state index is 5.75. The smallest absolute Gasteiger partial charge is 0.157 e. The van der Waals surface area contributed by atoms with Gasteiger partial charge in [-0.2, -0.15) is 0 Å². The van der Waals surface area contributed by atoms with Crippen molar-refractivity contribution >= 4 is 0 Å². The Hall–Kier alpha value is -0.520. The van der Waals surface area contributed by atoms with Crippen molar-refractivity contribution in [2.75, 3.05) is 13.2 Å². The molecule has 0 aromatic carbocycles. The Bertz CT molecular complexity index is 297. The van der Waals surface area contributed by atoms with Crippen LogP contribution >= 0.6 is 0 Å². The van der Waals surface area contributed by atoms with E-state index in [1.165, 1.54) is 77.0 Å². The van der Waals surface area contributed by atoms with E-state index in [2.05, 4.69) is 18.8 Å². The summed E-state index contributed by atoms with van der Waals surface area (Å²) in [6, 6.07) is 0. The quantitative estimate of drug-likeness (QED) is 0.295. The van der Waals surface area contributed by atoms with Gasteiger partial charge in [-0.05, 0) is 38.5 Å². The Kier molecular flexibility index (Phi) is 14.6. The van der Waals surface area contributed by atoms with Gasteiger partial charge in [0.05, 0.1) is 0 Å². The van der Waals surface area contributed by atoms with Crippen LogP contribution in [0.15, 0.2) is 0 Å². The lowest BCUT2D eigenvalue weighted by Gasteiger charge is -2.22. The van der Waals surface area contributed by atoms with E-state index < -0.39 is 0 Å². The summed E-state index contributed by atoms with van der Waals surface area (Å²) >= 11 is 0. The standard InChI is InChI=1S/C21H38O2/c1-2-3-4-5-6-7-8-9-10-11-12-13-14-16-19-22-21-18-15-17-20-23-21/h21H,2-5,8-20H2,1H3. The van der Waals surface area contributed by atoms with Gasteiger partial charge in [0.15, 0.2) is 6.29 Å². The third-order valence-corrected chi connectivity index (χ3v) is 4.42. The van der Waals surface area contributed by atoms with Gasteiger partial charge in [-0.3, -0.25) is 0 Å². The number of hydrogen-bond acceptors (Lipinski definition) is 2. The second-order valence-corrected chi connectivity index (χ2v) is 6.70. The molecule has 1 unspecified atom stereocenters. The van der Waals surface area contributed by atoms with E-state index in [9.17, 15) is 0 Å². The number of ether oxygens (including phenoxy) is 2. The van der Waals surface area contributed by atoms with E-state index in [1.807, 2.05) is 0 Å². The van der Waals surface area contributed by atoms with Gasteiger partial charge in [-0.15, -0.1) is 11.8 Å². The number of hydrogen-bond donors (Lipinski definition) is 0. The zero-order valence-electron chi connectivity index (χ0n) is 15.4. The molecule has 2 heteroatoms. The average molecular weight is 323 g/mol. The van der Waals surface area contributed by atoms with Crippen molar-refractivity contribution in [3.63, 3.8) is 0 Å². The summed E-state index contributed by atoms with van der Waals surface area (Å²) in [7, 11) is 0. The van der Waals surface area contributed by atoms with E-state index in [1.54, 1.807) is 0 Å². The van der Waals surface area contributed by atoms with Gasteiger partial charge in [-0.25, -0.2) is 0 Å². The van der Waals surface area contributed by atoms with Crippen molar-refractivity contribution in [2.24, 2.45) is 0 Å². The van der Waals surface area contributed by atoms with E-state index in [-0.39, 0.29) is 6.29 Å². The van der Waals surface area contributed by atoms with E-state index in [0.29, 0.717) is 0 Å². The van der Waals surface area contributed by atoms with Crippen LogP contribution in [0, 0.1) is 11.8 Å². The maximum Gasteiger partial charge on any atom is 0.157 e. The Morgan fingerprint density at radius 1 is 0.826 bits per heavy atom. The zero-order chi connectivity index (χ0) is 16.4. The van der Waals surface area contributed by atoms with Crippen molar-refractivity contribution in [3.05, 3.63) is 0 Å². The molecule has 2 nitrogen and oxygen atoms in total. The first-order valence-electron chi connectivity index (χ1n) is 10.1. The van der Waals surface area contributed by atoms with Crippen LogP contribution in [0.5, 0.6) is 0 Å². The van der Waals surface area contributed by atoms with Crippen LogP contribution in [0.4, 0.5) is 0 Å². The average Bonchev–Trinajstić information content (AvgIpc) is 2.59. The molecule has 1 aliphatic heterocycles. The van der Waals surface area contributed by atoms with Crippen LogP contribution in [-0.2, 0) is 9.47 Å². The molecule has 0 amide bonds. The fourth-order valence-electron chi connectivity index (χ4n) is 2.90. The van der Waals surface area contributed by atoms with Gasteiger partial charge in [0.2, 0.25) is 0 Å². The molecule has 1 heterocycles. The Labute approximate surface area is 144 Å². The first kappa shape index (κ1) is 20.5. The minimum atomic E-state index is 0.0897. The molecule has 1 rings (SSSR count). The summed E-state index contributed by atoms with van der Waals surface area (Å²) in [5.41, 5.74) is 0. The molecule has 1 fully saturated rings. The second kappa shape index (κ2) is 16.3. The SMILES string of the molecule is CCCCCC#CCCCCCCCCCOC1CCCCO1. The molecule has 0 bridgehead atoms. The predicted octanol–water partition coefficient (Wildman–Crippen LogP) is 6.23. The molecule has 23 heavy (non-hydrogen) atoms. The monoisotopic (exact) mass is 322 g/mol. The van der Waals surface area contributed by atoms with Crippen molar-refractivity contribution in [3.8, 4) is 11.8 Å². The third kappa shape index (κ3) is 13.6. The van der Waals surface area contributed by atoms with Crippen LogP contribution < -0.4 is 0 Å². The Morgan fingerprint density at radius 3 is 2.13 bits per heavy atom. The highest BCUT2D eigenvalue weighted by Gasteiger charge is 2.13. The molecule has 134 valence electrons. The summed E-state index contributed by atoms with van der Waals surface area (Å²) in [5, 5.41) is 0. The van der Waals surface area contributed by atoms with E-state index in [0.717, 1.165) is 32.5 Å². The van der Waals surface area contributed by atoms with Crippen LogP contribution in [0.2, 0.25) is 0 Å². The number of unbranched alkanes of at least 4 members (excludes halogenated alkanes) is 10. The van der Waals surface area contributed by atoms with Crippen molar-refractivity contribution < 1.29 is 9.47 Å². The molecular weight excluding hydrogens is 284 g/mol. The summed E-state index contributed by atoms with van der Waals surface area (Å²) in [4.78, 5) is 0. The molecule has 1 saturated heterocycles. The van der Waals surface area contributed by atoms with Gasteiger partial charge in [0.25, 0.3) is 0 Å². The first-order chi connectivity index (χ1) is 11.4. The summed E-state index contributed by atoms with van der Waals surface area (Å²) in [5.74, 6) is 6.61. The highest BCUT2D eigenvalue weighted by atomic mass is 16.7. The Morgan fingerprint density at radius 2 is 1.48 bits per heavy atom. The van der Waals surface area contributed by atoms with Gasteiger partial charge in [0.1, 0.15) is 0 Å². The Balaban J connectivity index is 1.72. The maximum atomic E-state index is 5.75. The third-order valence-electron chi connectivity index (χ3n) is 4.42. The minimum absolute atomic E-state index is 0.0897. The van der Waals surface area contributed by atoms with Crippen molar-refractivity contribution in [1.82, 2.24) is 0 Å². The van der Waals surface area contributed by atoms with Gasteiger partial charge in [0, 0.05) is 26.1 Å². The lowest BCUT2D eigenvalue weighted by molar-refractivity contribution is -0.162. The zero-order valence-corrected chi connectivity index (χ0v) is 15.4. The molecule has 0 aromatic rings. The molecule has 0 aliphatic carbocycles. The summed E-state index contributed by atoms with van der Waals surface area (Å²) in [6.45, 7) is 4.00. The summed E-state index contributed by atoms with van der Waals surface area (Å²) < 4.78 is 11.3. The van der Waals surface area contributed by atoms with E-state index >= 15 is 0 Å². The van der Waals surface area contributed by atoms with Gasteiger partial charge >= 0.3 is 0 Å². The molecule has 0 spiro atoms. The molecule has 0 N–H and O–H groups in total. The van der Waals surface area contributed by atoms with Crippen LogP contribution in [-0.4, -0.2) is 19.5 Å². The highest BCUT2D eigenvalue weighted by molar-refractivity contribution is 4.98. The predicted molar refractivity (Wildman–Crippen MR) is 98.4 cm³/mol. The van der Waals surface area contributed by atoms with Crippen LogP contribution in [0.3, 0.4) is 0 Å². The second-order valence-electron chi connectivity index (χ2n) is 6.70. The fraction of sp³-hybridized carbons (Fsp3) is 0.905. The molecule has 1 aliphatic rings. The minimum Gasteiger partial charge on any atom is -0.353 e. The topological polar surface area (TPSA) is 18.5 Å². The molecular formula is C21H38O2. The van der Waals surface area contributed by atoms with Gasteiger partial charge in [-0.1, -0.05) is 51.9 Å². The van der Waals surface area contributed by atoms with Crippen LogP contribution in [0.25, 0.3) is 0 Å². The molecule has 0 aromatic heterocycles. The normalized spacial score (nSPS) is 17.7. The number of rotatable bonds is 13. The summed E-state index contributed by atoms with van der Waals surface area (Å²) in [6.07, 6.45) is 18.9. The first-order valence-corrected chi connectivity index (χ1v) is 10.1. The molecule has 1 atom stereocenters. The van der Waals surface area contributed by atoms with Gasteiger partial charge < -0.3 is 9.47 Å². The molecule has 0 saturated carbocycles.